The second kappa shape index (κ2) is 9.66. The fraction of sp³-hybridized carbons (Fsp3) is 0.875. The molecule has 0 amide bonds. The van der Waals surface area contributed by atoms with Gasteiger partial charge in [-0.1, -0.05) is 0 Å². The van der Waals surface area contributed by atoms with E-state index in [1.807, 2.05) is 13.8 Å². The van der Waals surface area contributed by atoms with Gasteiger partial charge >= 0.3 is 5.97 Å². The number of ether oxygens (including phenoxy) is 1. The molecule has 2 fully saturated rings. The number of aliphatic hydroxyl groups excluding tert-OH is 1. The molecule has 1 heterocycles. The Morgan fingerprint density at radius 1 is 1.43 bits per heavy atom. The van der Waals surface area contributed by atoms with Gasteiger partial charge in [-0.3, -0.25) is 9.79 Å². The van der Waals surface area contributed by atoms with Crippen LogP contribution < -0.4 is 5.32 Å². The summed E-state index contributed by atoms with van der Waals surface area (Å²) in [7, 11) is 0. The van der Waals surface area contributed by atoms with Crippen LogP contribution in [0, 0.1) is 11.3 Å². The predicted molar refractivity (Wildman–Crippen MR) is 101 cm³/mol. The fourth-order valence-corrected chi connectivity index (χ4v) is 2.83. The number of carbonyl (C=O) groups excluding carboxylic acids is 1. The third-order valence-corrected chi connectivity index (χ3v) is 4.53. The van der Waals surface area contributed by atoms with Crippen LogP contribution in [0.4, 0.5) is 0 Å². The van der Waals surface area contributed by atoms with Gasteiger partial charge in [0.1, 0.15) is 0 Å². The van der Waals surface area contributed by atoms with Crippen LogP contribution in [0.3, 0.4) is 0 Å². The summed E-state index contributed by atoms with van der Waals surface area (Å²) in [6, 6.07) is 0. The molecule has 23 heavy (non-hydrogen) atoms. The molecule has 1 saturated heterocycles. The number of hydrogen-bond acceptors (Lipinski definition) is 4. The molecule has 0 aromatic rings. The van der Waals surface area contributed by atoms with Crippen molar-refractivity contribution in [1.82, 2.24) is 10.2 Å². The second-order valence-electron chi connectivity index (χ2n) is 6.37. The molecular formula is C16H30IN3O3. The maximum absolute atomic E-state index is 12.0. The van der Waals surface area contributed by atoms with Crippen molar-refractivity contribution in [2.24, 2.45) is 16.3 Å². The van der Waals surface area contributed by atoms with Gasteiger partial charge in [0.2, 0.25) is 0 Å². The molecule has 1 saturated carbocycles. The Morgan fingerprint density at radius 2 is 2.17 bits per heavy atom. The largest absolute Gasteiger partial charge is 0.466 e. The zero-order chi connectivity index (χ0) is 16.0. The number of carbonyl (C=O) groups is 1. The number of nitrogens with one attached hydrogen (secondary N) is 1. The highest BCUT2D eigenvalue weighted by Gasteiger charge is 2.42. The van der Waals surface area contributed by atoms with E-state index in [1.165, 1.54) is 0 Å². The predicted octanol–water partition coefficient (Wildman–Crippen LogP) is 1.62. The lowest BCUT2D eigenvalue weighted by atomic mass is 9.98. The summed E-state index contributed by atoms with van der Waals surface area (Å²) < 4.78 is 5.15. The molecular weight excluding hydrogens is 409 g/mol. The Morgan fingerprint density at radius 3 is 2.74 bits per heavy atom. The van der Waals surface area contributed by atoms with E-state index < -0.39 is 0 Å². The average molecular weight is 439 g/mol. The summed E-state index contributed by atoms with van der Waals surface area (Å²) in [5.74, 6) is 0.693. The molecule has 2 N–H and O–H groups in total. The van der Waals surface area contributed by atoms with Crippen LogP contribution in [0.1, 0.15) is 39.5 Å². The van der Waals surface area contributed by atoms with Gasteiger partial charge in [-0.15, -0.1) is 24.0 Å². The number of aliphatic imine (C=N–C) groups is 1. The van der Waals surface area contributed by atoms with Gasteiger partial charge in [-0.2, -0.15) is 0 Å². The van der Waals surface area contributed by atoms with Crippen molar-refractivity contribution in [2.45, 2.75) is 39.5 Å². The number of rotatable bonds is 6. The highest BCUT2D eigenvalue weighted by molar-refractivity contribution is 14.0. The third kappa shape index (κ3) is 5.77. The number of likely N-dealkylation sites (tertiary alicyclic amines) is 1. The normalized spacial score (nSPS) is 23.0. The van der Waals surface area contributed by atoms with Gasteiger partial charge in [0.15, 0.2) is 5.96 Å². The molecule has 2 aliphatic rings. The van der Waals surface area contributed by atoms with Crippen LogP contribution in [-0.2, 0) is 9.53 Å². The average Bonchev–Trinajstić information content (AvgIpc) is 3.32. The minimum atomic E-state index is -0.0999. The van der Waals surface area contributed by atoms with E-state index in [-0.39, 0.29) is 47.9 Å². The summed E-state index contributed by atoms with van der Waals surface area (Å²) in [6.07, 6.45) is 3.96. The molecule has 1 atom stereocenters. The first-order valence-electron chi connectivity index (χ1n) is 8.45. The third-order valence-electron chi connectivity index (χ3n) is 4.53. The standard InChI is InChI=1S/C16H29N3O3.HI/c1-3-17-15(18-11-16(12-20)7-8-16)19-9-5-6-13(10-19)14(21)22-4-2;/h13,20H,3-12H2,1-2H3,(H,17,18);1H/t13-;/m1./s1. The Hall–Kier alpha value is -0.570. The van der Waals surface area contributed by atoms with Gasteiger partial charge in [-0.05, 0) is 39.5 Å². The zero-order valence-electron chi connectivity index (χ0n) is 14.2. The zero-order valence-corrected chi connectivity index (χ0v) is 16.5. The number of aliphatic hydroxyl groups is 1. The maximum Gasteiger partial charge on any atom is 0.310 e. The smallest absolute Gasteiger partial charge is 0.310 e. The van der Waals surface area contributed by atoms with Gasteiger partial charge in [0.05, 0.1) is 25.7 Å². The number of halogens is 1. The van der Waals surface area contributed by atoms with Crippen molar-refractivity contribution in [3.8, 4) is 0 Å². The van der Waals surface area contributed by atoms with Crippen molar-refractivity contribution in [3.63, 3.8) is 0 Å². The fourth-order valence-electron chi connectivity index (χ4n) is 2.83. The number of piperidine rings is 1. The molecule has 1 aliphatic heterocycles. The van der Waals surface area contributed by atoms with E-state index in [9.17, 15) is 9.90 Å². The Kier molecular flexibility index (Phi) is 8.60. The molecule has 2 rings (SSSR count). The summed E-state index contributed by atoms with van der Waals surface area (Å²) >= 11 is 0. The molecule has 1 aliphatic carbocycles. The quantitative estimate of drug-likeness (QED) is 0.285. The summed E-state index contributed by atoms with van der Waals surface area (Å²) in [5.41, 5.74) is 0.0109. The first-order chi connectivity index (χ1) is 10.6. The van der Waals surface area contributed by atoms with Crippen LogP contribution in [0.2, 0.25) is 0 Å². The highest BCUT2D eigenvalue weighted by atomic mass is 127. The van der Waals surface area contributed by atoms with Crippen LogP contribution in [0.5, 0.6) is 0 Å². The SMILES string of the molecule is CCNC(=NCC1(CO)CC1)N1CCC[C@@H](C(=O)OCC)C1.I. The minimum absolute atomic E-state index is 0. The lowest BCUT2D eigenvalue weighted by Gasteiger charge is -2.34. The number of hydrogen-bond donors (Lipinski definition) is 2. The molecule has 0 bridgehead atoms. The molecule has 6 nitrogen and oxygen atoms in total. The first kappa shape index (κ1) is 20.5. The van der Waals surface area contributed by atoms with Crippen molar-refractivity contribution in [2.75, 3.05) is 39.4 Å². The molecule has 0 spiro atoms. The van der Waals surface area contributed by atoms with Crippen molar-refractivity contribution in [3.05, 3.63) is 0 Å². The summed E-state index contributed by atoms with van der Waals surface area (Å²) in [5, 5.41) is 12.7. The maximum atomic E-state index is 12.0. The Balaban J connectivity index is 0.00000264. The first-order valence-corrected chi connectivity index (χ1v) is 8.45. The molecule has 134 valence electrons. The van der Waals surface area contributed by atoms with Crippen molar-refractivity contribution in [1.29, 1.82) is 0 Å². The van der Waals surface area contributed by atoms with Crippen LogP contribution in [-0.4, -0.2) is 61.3 Å². The van der Waals surface area contributed by atoms with Gasteiger partial charge < -0.3 is 20.1 Å². The number of nitrogens with zero attached hydrogens (tertiary/aromatic N) is 2. The Bertz CT molecular complexity index is 413. The van der Waals surface area contributed by atoms with E-state index in [1.54, 1.807) is 0 Å². The van der Waals surface area contributed by atoms with Crippen LogP contribution in [0.15, 0.2) is 4.99 Å². The van der Waals surface area contributed by atoms with Crippen LogP contribution in [0.25, 0.3) is 0 Å². The van der Waals surface area contributed by atoms with Gasteiger partial charge in [0, 0.05) is 25.0 Å². The molecule has 0 aromatic heterocycles. The van der Waals surface area contributed by atoms with E-state index in [0.29, 0.717) is 19.7 Å². The number of guanidine groups is 1. The lowest BCUT2D eigenvalue weighted by Crippen LogP contribution is -2.48. The van der Waals surface area contributed by atoms with E-state index in [0.717, 1.165) is 44.7 Å². The molecule has 0 radical (unpaired) electrons. The number of esters is 1. The molecule has 0 unspecified atom stereocenters. The molecule has 0 aromatic carbocycles. The lowest BCUT2D eigenvalue weighted by molar-refractivity contribution is -0.149. The van der Waals surface area contributed by atoms with Crippen LogP contribution >= 0.6 is 24.0 Å². The van der Waals surface area contributed by atoms with Gasteiger partial charge in [0.25, 0.3) is 0 Å². The van der Waals surface area contributed by atoms with Crippen molar-refractivity contribution < 1.29 is 14.6 Å². The van der Waals surface area contributed by atoms with Gasteiger partial charge in [-0.25, -0.2) is 0 Å². The topological polar surface area (TPSA) is 74.2 Å². The molecule has 7 heteroatoms. The van der Waals surface area contributed by atoms with E-state index >= 15 is 0 Å². The van der Waals surface area contributed by atoms with Crippen molar-refractivity contribution >= 4 is 35.9 Å². The van der Waals surface area contributed by atoms with E-state index in [4.69, 9.17) is 9.73 Å². The summed E-state index contributed by atoms with van der Waals surface area (Å²) in [6.45, 7) is 7.56. The highest BCUT2D eigenvalue weighted by Crippen LogP contribution is 2.45. The monoisotopic (exact) mass is 439 g/mol. The second-order valence-corrected chi connectivity index (χ2v) is 6.37. The summed E-state index contributed by atoms with van der Waals surface area (Å²) in [4.78, 5) is 18.8. The van der Waals surface area contributed by atoms with E-state index in [2.05, 4.69) is 10.2 Å². The Labute approximate surface area is 156 Å². The minimum Gasteiger partial charge on any atom is -0.466 e.